The molecule has 1 aromatic carbocycles. The van der Waals surface area contributed by atoms with Crippen LogP contribution in [0.5, 0.6) is 0 Å². The van der Waals surface area contributed by atoms with Crippen molar-refractivity contribution in [3.63, 3.8) is 0 Å². The third kappa shape index (κ3) is 5.77. The van der Waals surface area contributed by atoms with Crippen LogP contribution in [0.15, 0.2) is 45.9 Å². The highest BCUT2D eigenvalue weighted by atomic mass is 35.5. The Bertz CT molecular complexity index is 694. The van der Waals surface area contributed by atoms with Gasteiger partial charge in [-0.05, 0) is 31.9 Å². The Morgan fingerprint density at radius 2 is 1.68 bits per heavy atom. The zero-order valence-corrected chi connectivity index (χ0v) is 15.9. The summed E-state index contributed by atoms with van der Waals surface area (Å²) in [5.74, 6) is -1.80. The van der Waals surface area contributed by atoms with E-state index in [-0.39, 0.29) is 22.0 Å². The average molecular weight is 403 g/mol. The highest BCUT2D eigenvalue weighted by molar-refractivity contribution is 6.59. The Balaban J connectivity index is 2.03. The molecule has 0 heterocycles. The van der Waals surface area contributed by atoms with Gasteiger partial charge < -0.3 is 10.1 Å². The van der Waals surface area contributed by atoms with Gasteiger partial charge in [-0.25, -0.2) is 0 Å². The third-order valence-corrected chi connectivity index (χ3v) is 4.89. The van der Waals surface area contributed by atoms with Crippen LogP contribution in [0, 0.1) is 18.8 Å². The number of amides is 1. The fourth-order valence-electron chi connectivity index (χ4n) is 2.53. The summed E-state index contributed by atoms with van der Waals surface area (Å²) in [6, 6.07) is 7.47. The molecule has 2 rings (SSSR count). The number of hydrogen-bond donors (Lipinski definition) is 1. The smallest absolute Gasteiger partial charge is 0.310 e. The topological polar surface area (TPSA) is 55.4 Å². The van der Waals surface area contributed by atoms with Crippen LogP contribution < -0.4 is 5.32 Å². The SMILES string of the molecule is Cc1ccc(NC(=O)[C@@H]2CC=CC[C@@H]2C(=O)OCC(Cl)=C(Cl)Cl)cc1. The zero-order chi connectivity index (χ0) is 18.4. The number of aryl methyl sites for hydroxylation is 1. The second-order valence-electron chi connectivity index (χ2n) is 5.78. The monoisotopic (exact) mass is 401 g/mol. The lowest BCUT2D eigenvalue weighted by atomic mass is 9.82. The molecule has 1 N–H and O–H groups in total. The van der Waals surface area contributed by atoms with E-state index in [0.29, 0.717) is 18.5 Å². The molecule has 0 aliphatic heterocycles. The summed E-state index contributed by atoms with van der Waals surface area (Å²) in [6.45, 7) is 1.76. The second kappa shape index (κ2) is 9.27. The van der Waals surface area contributed by atoms with E-state index in [0.717, 1.165) is 5.56 Å². The number of halogens is 3. The summed E-state index contributed by atoms with van der Waals surface area (Å²) in [7, 11) is 0. The first kappa shape index (κ1) is 19.8. The predicted molar refractivity (Wildman–Crippen MR) is 101 cm³/mol. The van der Waals surface area contributed by atoms with Gasteiger partial charge in [-0.3, -0.25) is 9.59 Å². The molecule has 0 spiro atoms. The van der Waals surface area contributed by atoms with Crippen molar-refractivity contribution in [3.8, 4) is 0 Å². The molecule has 1 aliphatic carbocycles. The van der Waals surface area contributed by atoms with Crippen molar-refractivity contribution in [1.82, 2.24) is 0 Å². The minimum atomic E-state index is -0.575. The first-order valence-corrected chi connectivity index (χ1v) is 8.90. The highest BCUT2D eigenvalue weighted by Crippen LogP contribution is 2.29. The molecule has 4 nitrogen and oxygen atoms in total. The fraction of sp³-hybridized carbons (Fsp3) is 0.333. The van der Waals surface area contributed by atoms with E-state index >= 15 is 0 Å². The van der Waals surface area contributed by atoms with Crippen LogP contribution in [0.2, 0.25) is 0 Å². The molecule has 0 radical (unpaired) electrons. The lowest BCUT2D eigenvalue weighted by Crippen LogP contribution is -2.36. The first-order chi connectivity index (χ1) is 11.9. The Kier molecular flexibility index (Phi) is 7.36. The molecule has 1 aliphatic rings. The molecule has 0 fully saturated rings. The lowest BCUT2D eigenvalue weighted by Gasteiger charge is -2.26. The molecule has 25 heavy (non-hydrogen) atoms. The van der Waals surface area contributed by atoms with Gasteiger partial charge in [0.2, 0.25) is 5.91 Å². The molecular formula is C18H18Cl3NO3. The van der Waals surface area contributed by atoms with Gasteiger partial charge >= 0.3 is 5.97 Å². The average Bonchev–Trinajstić information content (AvgIpc) is 2.61. The largest absolute Gasteiger partial charge is 0.460 e. The minimum absolute atomic E-state index is 0.0451. The van der Waals surface area contributed by atoms with Crippen molar-refractivity contribution in [3.05, 3.63) is 51.5 Å². The second-order valence-corrected chi connectivity index (χ2v) is 7.19. The summed E-state index contributed by atoms with van der Waals surface area (Å²) in [4.78, 5) is 24.9. The van der Waals surface area contributed by atoms with E-state index in [1.54, 1.807) is 0 Å². The standard InChI is InChI=1S/C18H18Cl3NO3/c1-11-6-8-12(9-7-11)22-17(23)13-4-2-3-5-14(13)18(24)25-10-15(19)16(20)21/h2-3,6-9,13-14H,4-5,10H2,1H3,(H,22,23)/t13-,14+/m1/s1. The Labute approximate surface area is 161 Å². The van der Waals surface area contributed by atoms with E-state index in [2.05, 4.69) is 5.32 Å². The highest BCUT2D eigenvalue weighted by Gasteiger charge is 2.35. The van der Waals surface area contributed by atoms with Gasteiger partial charge in [0.15, 0.2) is 0 Å². The van der Waals surface area contributed by atoms with Gasteiger partial charge in [0, 0.05) is 5.69 Å². The maximum Gasteiger partial charge on any atom is 0.310 e. The van der Waals surface area contributed by atoms with Crippen LogP contribution in [-0.2, 0) is 14.3 Å². The molecule has 0 saturated carbocycles. The Morgan fingerprint density at radius 1 is 1.08 bits per heavy atom. The van der Waals surface area contributed by atoms with Crippen molar-refractivity contribution in [1.29, 1.82) is 0 Å². The number of esters is 1. The summed E-state index contributed by atoms with van der Waals surface area (Å²) in [6.07, 6.45) is 4.66. The normalized spacial score (nSPS) is 19.2. The van der Waals surface area contributed by atoms with Gasteiger partial charge in [-0.2, -0.15) is 0 Å². The van der Waals surface area contributed by atoms with E-state index < -0.39 is 17.8 Å². The van der Waals surface area contributed by atoms with Crippen molar-refractivity contribution in [2.75, 3.05) is 11.9 Å². The molecule has 2 atom stereocenters. The van der Waals surface area contributed by atoms with E-state index in [1.807, 2.05) is 43.3 Å². The number of rotatable bonds is 5. The van der Waals surface area contributed by atoms with Gasteiger partial charge in [0.1, 0.15) is 11.1 Å². The number of allylic oxidation sites excluding steroid dienone is 2. The van der Waals surface area contributed by atoms with Crippen LogP contribution >= 0.6 is 34.8 Å². The Morgan fingerprint density at radius 3 is 2.28 bits per heavy atom. The number of carbonyl (C=O) groups excluding carboxylic acids is 2. The van der Waals surface area contributed by atoms with Crippen molar-refractivity contribution in [2.24, 2.45) is 11.8 Å². The summed E-state index contributed by atoms with van der Waals surface area (Å²) in [5.41, 5.74) is 1.79. The Hall–Kier alpha value is -1.49. The quantitative estimate of drug-likeness (QED) is 0.560. The molecule has 7 heteroatoms. The molecular weight excluding hydrogens is 385 g/mol. The third-order valence-electron chi connectivity index (χ3n) is 3.94. The fourth-order valence-corrected chi connectivity index (χ4v) is 2.70. The van der Waals surface area contributed by atoms with Crippen LogP contribution in [0.1, 0.15) is 18.4 Å². The van der Waals surface area contributed by atoms with Crippen LogP contribution in [0.25, 0.3) is 0 Å². The van der Waals surface area contributed by atoms with E-state index in [9.17, 15) is 9.59 Å². The summed E-state index contributed by atoms with van der Waals surface area (Å²) in [5, 5.41) is 2.89. The van der Waals surface area contributed by atoms with Gasteiger partial charge in [0.25, 0.3) is 0 Å². The molecule has 0 unspecified atom stereocenters. The van der Waals surface area contributed by atoms with Gasteiger partial charge in [0.05, 0.1) is 16.9 Å². The van der Waals surface area contributed by atoms with Gasteiger partial charge in [-0.15, -0.1) is 0 Å². The first-order valence-electron chi connectivity index (χ1n) is 7.77. The summed E-state index contributed by atoms with van der Waals surface area (Å²) >= 11 is 16.8. The molecule has 0 aromatic heterocycles. The lowest BCUT2D eigenvalue weighted by molar-refractivity contribution is -0.151. The predicted octanol–water partition coefficient (Wildman–Crippen LogP) is 4.94. The molecule has 1 amide bonds. The van der Waals surface area contributed by atoms with Crippen molar-refractivity contribution >= 4 is 52.4 Å². The van der Waals surface area contributed by atoms with E-state index in [1.165, 1.54) is 0 Å². The number of benzene rings is 1. The number of nitrogens with one attached hydrogen (secondary N) is 1. The van der Waals surface area contributed by atoms with Crippen LogP contribution in [0.4, 0.5) is 5.69 Å². The van der Waals surface area contributed by atoms with Gasteiger partial charge in [-0.1, -0.05) is 64.7 Å². The maximum atomic E-state index is 12.6. The summed E-state index contributed by atoms with van der Waals surface area (Å²) < 4.78 is 4.99. The van der Waals surface area contributed by atoms with Crippen LogP contribution in [-0.4, -0.2) is 18.5 Å². The minimum Gasteiger partial charge on any atom is -0.460 e. The number of carbonyl (C=O) groups is 2. The number of anilines is 1. The molecule has 1 aromatic rings. The molecule has 0 saturated heterocycles. The maximum absolute atomic E-state index is 12.6. The number of hydrogen-bond acceptors (Lipinski definition) is 3. The zero-order valence-electron chi connectivity index (χ0n) is 13.6. The van der Waals surface area contributed by atoms with Crippen LogP contribution in [0.3, 0.4) is 0 Å². The number of ether oxygens (including phenoxy) is 1. The van der Waals surface area contributed by atoms with Crippen molar-refractivity contribution in [2.45, 2.75) is 19.8 Å². The molecule has 134 valence electrons. The van der Waals surface area contributed by atoms with Crippen molar-refractivity contribution < 1.29 is 14.3 Å². The molecule has 0 bridgehead atoms. The van der Waals surface area contributed by atoms with E-state index in [4.69, 9.17) is 39.5 Å².